The molecule has 0 saturated heterocycles. The van der Waals surface area contributed by atoms with Gasteiger partial charge in [0.1, 0.15) is 6.29 Å². The minimum atomic E-state index is 0.723. The zero-order chi connectivity index (χ0) is 7.23. The molecular weight excluding hydrogens is 128 g/mol. The van der Waals surface area contributed by atoms with Crippen LogP contribution in [-0.4, -0.2) is 16.5 Å². The minimum absolute atomic E-state index is 0.723. The molecule has 1 aromatic heterocycles. The molecule has 0 aromatic carbocycles. The third-order valence-electron chi connectivity index (χ3n) is 0.974. The molecule has 0 atom stereocenters. The highest BCUT2D eigenvalue weighted by Gasteiger charge is 1.81. The molecule has 0 fully saturated rings. The Balaban J connectivity index is 2.76. The summed E-state index contributed by atoms with van der Waals surface area (Å²) < 4.78 is 0. The van der Waals surface area contributed by atoms with Crippen LogP contribution in [0, 0.1) is 0 Å². The van der Waals surface area contributed by atoms with Crippen LogP contribution < -0.4 is 0 Å². The number of hydrogen-bond donors (Lipinski definition) is 0. The van der Waals surface area contributed by atoms with Crippen LogP contribution in [0.5, 0.6) is 0 Å². The van der Waals surface area contributed by atoms with E-state index < -0.39 is 0 Å². The summed E-state index contributed by atoms with van der Waals surface area (Å²) in [7, 11) is 0. The summed E-state index contributed by atoms with van der Waals surface area (Å²) in [4.78, 5) is 9.86. The van der Waals surface area contributed by atoms with Gasteiger partial charge in [0.25, 0.3) is 0 Å². The van der Waals surface area contributed by atoms with Crippen molar-refractivity contribution in [2.45, 2.75) is 0 Å². The Kier molecular flexibility index (Phi) is 2.31. The summed E-state index contributed by atoms with van der Waals surface area (Å²) in [6.07, 6.45) is 6.96. The van der Waals surface area contributed by atoms with Crippen LogP contribution in [0.1, 0.15) is 5.56 Å². The molecular formula is C7H6N2O. The first-order valence-electron chi connectivity index (χ1n) is 2.82. The number of rotatable bonds is 2. The van der Waals surface area contributed by atoms with Crippen LogP contribution >= 0.6 is 0 Å². The van der Waals surface area contributed by atoms with Crippen LogP contribution in [0.2, 0.25) is 0 Å². The molecule has 10 heavy (non-hydrogen) atoms. The predicted molar refractivity (Wildman–Crippen MR) is 37.1 cm³/mol. The van der Waals surface area contributed by atoms with Crippen molar-refractivity contribution in [2.24, 2.45) is 0 Å². The Morgan fingerprint density at radius 3 is 2.90 bits per heavy atom. The second-order valence-electron chi connectivity index (χ2n) is 1.67. The van der Waals surface area contributed by atoms with Gasteiger partial charge in [0.05, 0.1) is 12.4 Å². The van der Waals surface area contributed by atoms with Crippen molar-refractivity contribution in [2.75, 3.05) is 0 Å². The van der Waals surface area contributed by atoms with Crippen molar-refractivity contribution in [3.63, 3.8) is 0 Å². The van der Waals surface area contributed by atoms with Gasteiger partial charge in [0.2, 0.25) is 0 Å². The predicted octanol–water partition coefficient (Wildman–Crippen LogP) is 0.689. The molecule has 1 rings (SSSR count). The summed E-state index contributed by atoms with van der Waals surface area (Å²) >= 11 is 0. The minimum Gasteiger partial charge on any atom is -0.299 e. The zero-order valence-electron chi connectivity index (χ0n) is 5.27. The van der Waals surface area contributed by atoms with Gasteiger partial charge in [0.15, 0.2) is 0 Å². The summed E-state index contributed by atoms with van der Waals surface area (Å²) in [5, 5.41) is 7.20. The van der Waals surface area contributed by atoms with Crippen molar-refractivity contribution < 1.29 is 4.79 Å². The summed E-state index contributed by atoms with van der Waals surface area (Å²) in [6.45, 7) is 0. The van der Waals surface area contributed by atoms with E-state index in [1.807, 2.05) is 0 Å². The van der Waals surface area contributed by atoms with E-state index in [0.717, 1.165) is 11.8 Å². The summed E-state index contributed by atoms with van der Waals surface area (Å²) in [5.74, 6) is 0. The Morgan fingerprint density at radius 1 is 1.40 bits per heavy atom. The van der Waals surface area contributed by atoms with Gasteiger partial charge >= 0.3 is 0 Å². The topological polar surface area (TPSA) is 42.9 Å². The zero-order valence-corrected chi connectivity index (χ0v) is 5.27. The fourth-order valence-electron chi connectivity index (χ4n) is 0.550. The molecule has 0 aliphatic heterocycles. The fourth-order valence-corrected chi connectivity index (χ4v) is 0.550. The maximum atomic E-state index is 9.86. The Bertz CT molecular complexity index is 231. The van der Waals surface area contributed by atoms with Crippen LogP contribution in [0.3, 0.4) is 0 Å². The quantitative estimate of drug-likeness (QED) is 0.441. The molecule has 0 spiro atoms. The van der Waals surface area contributed by atoms with Gasteiger partial charge in [0, 0.05) is 0 Å². The normalized spacial score (nSPS) is 10.0. The lowest BCUT2D eigenvalue weighted by molar-refractivity contribution is -0.104. The Labute approximate surface area is 58.4 Å². The molecule has 0 unspecified atom stereocenters. The van der Waals surface area contributed by atoms with Gasteiger partial charge in [-0.25, -0.2) is 0 Å². The first-order chi connectivity index (χ1) is 4.93. The van der Waals surface area contributed by atoms with E-state index in [4.69, 9.17) is 0 Å². The molecule has 0 N–H and O–H groups in total. The number of nitrogens with zero attached hydrogens (tertiary/aromatic N) is 2. The Morgan fingerprint density at radius 2 is 2.30 bits per heavy atom. The Hall–Kier alpha value is -1.51. The molecule has 1 heterocycles. The van der Waals surface area contributed by atoms with Crippen LogP contribution in [0.25, 0.3) is 6.08 Å². The second-order valence-corrected chi connectivity index (χ2v) is 1.67. The number of carbonyl (C=O) groups excluding carboxylic acids is 1. The molecule has 0 amide bonds. The van der Waals surface area contributed by atoms with Crippen LogP contribution in [0.15, 0.2) is 24.5 Å². The second kappa shape index (κ2) is 3.50. The van der Waals surface area contributed by atoms with Gasteiger partial charge < -0.3 is 0 Å². The number of hydrogen-bond acceptors (Lipinski definition) is 3. The fraction of sp³-hybridized carbons (Fsp3) is 0. The molecule has 0 bridgehead atoms. The van der Waals surface area contributed by atoms with Gasteiger partial charge in [-0.2, -0.15) is 10.2 Å². The smallest absolute Gasteiger partial charge is 0.142 e. The van der Waals surface area contributed by atoms with E-state index in [1.165, 1.54) is 6.08 Å². The molecule has 50 valence electrons. The average Bonchev–Trinajstić information content (AvgIpc) is 2.03. The standard InChI is InChI=1S/C7H6N2O/c10-5-1-2-7-3-4-8-9-6-7/h1-6H. The third kappa shape index (κ3) is 1.78. The average molecular weight is 134 g/mol. The van der Waals surface area contributed by atoms with Crippen LogP contribution in [0.4, 0.5) is 0 Å². The van der Waals surface area contributed by atoms with Crippen LogP contribution in [-0.2, 0) is 4.79 Å². The maximum Gasteiger partial charge on any atom is 0.142 e. The molecule has 1 aromatic rings. The molecule has 3 heteroatoms. The monoisotopic (exact) mass is 134 g/mol. The highest BCUT2D eigenvalue weighted by atomic mass is 16.1. The van der Waals surface area contributed by atoms with Gasteiger partial charge in [-0.05, 0) is 17.7 Å². The van der Waals surface area contributed by atoms with E-state index in [1.54, 1.807) is 24.5 Å². The van der Waals surface area contributed by atoms with Crippen molar-refractivity contribution in [3.05, 3.63) is 30.1 Å². The van der Waals surface area contributed by atoms with Crippen molar-refractivity contribution in [1.29, 1.82) is 0 Å². The lowest BCUT2D eigenvalue weighted by Crippen LogP contribution is -1.78. The lowest BCUT2D eigenvalue weighted by Gasteiger charge is -1.85. The van der Waals surface area contributed by atoms with Gasteiger partial charge in [-0.3, -0.25) is 4.79 Å². The molecule has 0 aliphatic carbocycles. The number of aldehydes is 1. The van der Waals surface area contributed by atoms with E-state index in [-0.39, 0.29) is 0 Å². The SMILES string of the molecule is O=CC=Cc1ccnnc1. The number of allylic oxidation sites excluding steroid dienone is 1. The van der Waals surface area contributed by atoms with E-state index in [9.17, 15) is 4.79 Å². The third-order valence-corrected chi connectivity index (χ3v) is 0.974. The van der Waals surface area contributed by atoms with Crippen molar-refractivity contribution >= 4 is 12.4 Å². The maximum absolute atomic E-state index is 9.86. The molecule has 0 radical (unpaired) electrons. The number of aromatic nitrogens is 2. The summed E-state index contributed by atoms with van der Waals surface area (Å²) in [6, 6.07) is 1.77. The van der Waals surface area contributed by atoms with E-state index >= 15 is 0 Å². The highest BCUT2D eigenvalue weighted by Crippen LogP contribution is 1.94. The first-order valence-corrected chi connectivity index (χ1v) is 2.82. The lowest BCUT2D eigenvalue weighted by atomic mass is 10.3. The largest absolute Gasteiger partial charge is 0.299 e. The highest BCUT2D eigenvalue weighted by molar-refractivity contribution is 5.73. The molecule has 0 saturated carbocycles. The molecule has 0 aliphatic rings. The van der Waals surface area contributed by atoms with Crippen molar-refractivity contribution in [1.82, 2.24) is 10.2 Å². The first kappa shape index (κ1) is 6.61. The van der Waals surface area contributed by atoms with Crippen molar-refractivity contribution in [3.8, 4) is 0 Å². The van der Waals surface area contributed by atoms with Gasteiger partial charge in [-0.1, -0.05) is 6.08 Å². The van der Waals surface area contributed by atoms with E-state index in [0.29, 0.717) is 0 Å². The van der Waals surface area contributed by atoms with E-state index in [2.05, 4.69) is 10.2 Å². The molecule has 3 nitrogen and oxygen atoms in total. The number of carbonyl (C=O) groups is 1. The van der Waals surface area contributed by atoms with Gasteiger partial charge in [-0.15, -0.1) is 0 Å². The summed E-state index contributed by atoms with van der Waals surface area (Å²) in [5.41, 5.74) is 0.877.